The minimum atomic E-state index is -1.04. The van der Waals surface area contributed by atoms with E-state index in [-0.39, 0.29) is 5.88 Å². The number of aromatic nitrogens is 1. The lowest BCUT2D eigenvalue weighted by molar-refractivity contribution is -0.139. The molecule has 0 amide bonds. The fourth-order valence-corrected chi connectivity index (χ4v) is 0.481. The number of carbonyl (C=O) groups is 1. The van der Waals surface area contributed by atoms with Crippen LogP contribution >= 0.6 is 0 Å². The van der Waals surface area contributed by atoms with E-state index in [0.717, 1.165) is 0 Å². The first-order valence-corrected chi connectivity index (χ1v) is 2.88. The number of pyridine rings is 1. The van der Waals surface area contributed by atoms with Crippen LogP contribution in [-0.4, -0.2) is 22.7 Å². The number of rotatable bonds is 3. The Hall–Kier alpha value is -1.58. The SMILES string of the molecule is O=C(O)COc1[c][c]ccn1. The van der Waals surface area contributed by atoms with Crippen molar-refractivity contribution in [1.29, 1.82) is 0 Å². The molecule has 0 saturated heterocycles. The zero-order chi connectivity index (χ0) is 8.10. The maximum atomic E-state index is 10.00. The van der Waals surface area contributed by atoms with E-state index in [1.165, 1.54) is 6.20 Å². The largest absolute Gasteiger partial charge is 0.479 e. The molecule has 11 heavy (non-hydrogen) atoms. The summed E-state index contributed by atoms with van der Waals surface area (Å²) in [5.41, 5.74) is 0. The van der Waals surface area contributed by atoms with Crippen molar-refractivity contribution in [1.82, 2.24) is 4.98 Å². The van der Waals surface area contributed by atoms with Gasteiger partial charge < -0.3 is 9.84 Å². The first kappa shape index (κ1) is 7.53. The van der Waals surface area contributed by atoms with Crippen molar-refractivity contribution in [2.24, 2.45) is 0 Å². The molecule has 1 rings (SSSR count). The number of ether oxygens (including phenoxy) is 1. The molecule has 0 fully saturated rings. The second-order valence-electron chi connectivity index (χ2n) is 1.70. The van der Waals surface area contributed by atoms with Crippen LogP contribution in [0.4, 0.5) is 0 Å². The van der Waals surface area contributed by atoms with Crippen molar-refractivity contribution >= 4 is 5.97 Å². The van der Waals surface area contributed by atoms with Gasteiger partial charge in [0.15, 0.2) is 6.61 Å². The molecule has 1 heterocycles. The lowest BCUT2D eigenvalue weighted by Gasteiger charge is -1.98. The smallest absolute Gasteiger partial charge is 0.341 e. The molecule has 0 aromatic carbocycles. The van der Waals surface area contributed by atoms with Crippen molar-refractivity contribution in [2.45, 2.75) is 0 Å². The Labute approximate surface area is 63.5 Å². The lowest BCUT2D eigenvalue weighted by Crippen LogP contribution is -2.09. The fourth-order valence-electron chi connectivity index (χ4n) is 0.481. The summed E-state index contributed by atoms with van der Waals surface area (Å²) in [6, 6.07) is 6.63. The van der Waals surface area contributed by atoms with Gasteiger partial charge in [0, 0.05) is 6.20 Å². The molecule has 0 aliphatic heterocycles. The Morgan fingerprint density at radius 2 is 2.64 bits per heavy atom. The standard InChI is InChI=1S/C7H5NO3/c9-7(10)5-11-6-3-1-2-4-8-6/h2,4H,5H2,(H,9,10). The average molecular weight is 151 g/mol. The summed E-state index contributed by atoms with van der Waals surface area (Å²) in [5.74, 6) is -0.890. The normalized spacial score (nSPS) is 9.09. The third-order valence-corrected chi connectivity index (χ3v) is 0.861. The molecule has 1 aromatic rings. The summed E-state index contributed by atoms with van der Waals surface area (Å²) in [4.78, 5) is 13.7. The number of carboxylic acids is 1. The molecule has 0 spiro atoms. The lowest BCUT2D eigenvalue weighted by atomic mass is 10.5. The van der Waals surface area contributed by atoms with Crippen molar-refractivity contribution in [3.63, 3.8) is 0 Å². The summed E-state index contributed by atoms with van der Waals surface area (Å²) >= 11 is 0. The topological polar surface area (TPSA) is 59.4 Å². The van der Waals surface area contributed by atoms with Crippen molar-refractivity contribution in [2.75, 3.05) is 6.61 Å². The van der Waals surface area contributed by atoms with Crippen LogP contribution in [0.1, 0.15) is 0 Å². The van der Waals surface area contributed by atoms with Gasteiger partial charge in [-0.3, -0.25) is 0 Å². The number of nitrogens with zero attached hydrogens (tertiary/aromatic N) is 1. The molecule has 0 saturated carbocycles. The van der Waals surface area contributed by atoms with Crippen molar-refractivity contribution < 1.29 is 14.6 Å². The zero-order valence-electron chi connectivity index (χ0n) is 5.57. The number of hydrogen-bond donors (Lipinski definition) is 1. The molecule has 1 aromatic heterocycles. The van der Waals surface area contributed by atoms with Crippen LogP contribution in [0.15, 0.2) is 12.3 Å². The molecule has 56 valence electrons. The summed E-state index contributed by atoms with van der Waals surface area (Å²) in [6.45, 7) is -0.401. The van der Waals surface area contributed by atoms with Crippen LogP contribution in [0, 0.1) is 12.1 Å². The Morgan fingerprint density at radius 3 is 3.18 bits per heavy atom. The molecule has 0 bridgehead atoms. The molecule has 0 unspecified atom stereocenters. The van der Waals surface area contributed by atoms with Crippen molar-refractivity contribution in [3.8, 4) is 5.88 Å². The van der Waals surface area contributed by atoms with E-state index < -0.39 is 12.6 Å². The monoisotopic (exact) mass is 151 g/mol. The molecule has 4 heteroatoms. The quantitative estimate of drug-likeness (QED) is 0.667. The van der Waals surface area contributed by atoms with Gasteiger partial charge in [0.2, 0.25) is 5.88 Å². The number of carboxylic acid groups (broad SMARTS) is 1. The second kappa shape index (κ2) is 3.55. The summed E-state index contributed by atoms with van der Waals surface area (Å²) in [7, 11) is 0. The van der Waals surface area contributed by atoms with Gasteiger partial charge in [-0.2, -0.15) is 0 Å². The number of aliphatic carboxylic acids is 1. The van der Waals surface area contributed by atoms with E-state index in [1.54, 1.807) is 6.07 Å². The van der Waals surface area contributed by atoms with E-state index in [4.69, 9.17) is 5.11 Å². The Kier molecular flexibility index (Phi) is 2.43. The minimum Gasteiger partial charge on any atom is -0.479 e. The van der Waals surface area contributed by atoms with E-state index in [9.17, 15) is 4.79 Å². The third-order valence-electron chi connectivity index (χ3n) is 0.861. The summed E-state index contributed by atoms with van der Waals surface area (Å²) < 4.78 is 4.67. The van der Waals surface area contributed by atoms with Crippen LogP contribution in [0.25, 0.3) is 0 Å². The molecular weight excluding hydrogens is 146 g/mol. The molecular formula is C7H5NO3. The molecule has 2 radical (unpaired) electrons. The van der Waals surface area contributed by atoms with E-state index in [0.29, 0.717) is 0 Å². The highest BCUT2D eigenvalue weighted by Crippen LogP contribution is 2.00. The van der Waals surface area contributed by atoms with Gasteiger partial charge in [-0.15, -0.1) is 0 Å². The summed E-state index contributed by atoms with van der Waals surface area (Å²) in [5, 5.41) is 8.20. The van der Waals surface area contributed by atoms with Crippen LogP contribution in [0.3, 0.4) is 0 Å². The van der Waals surface area contributed by atoms with E-state index >= 15 is 0 Å². The predicted octanol–water partition coefficient (Wildman–Crippen LogP) is 0.145. The Morgan fingerprint density at radius 1 is 1.82 bits per heavy atom. The zero-order valence-corrected chi connectivity index (χ0v) is 5.57. The average Bonchev–Trinajstić information content (AvgIpc) is 2.03. The van der Waals surface area contributed by atoms with Gasteiger partial charge in [0.05, 0.1) is 6.07 Å². The maximum absolute atomic E-state index is 10.00. The fraction of sp³-hybridized carbons (Fsp3) is 0.143. The molecule has 4 nitrogen and oxygen atoms in total. The van der Waals surface area contributed by atoms with E-state index in [1.807, 2.05) is 0 Å². The van der Waals surface area contributed by atoms with Crippen LogP contribution in [-0.2, 0) is 4.79 Å². The Bertz CT molecular complexity index is 235. The van der Waals surface area contributed by atoms with Gasteiger partial charge in [-0.05, 0) is 12.1 Å². The van der Waals surface area contributed by atoms with Crippen LogP contribution in [0.5, 0.6) is 5.88 Å². The minimum absolute atomic E-state index is 0.148. The highest BCUT2D eigenvalue weighted by Gasteiger charge is 1.98. The maximum Gasteiger partial charge on any atom is 0.341 e. The van der Waals surface area contributed by atoms with Gasteiger partial charge in [-0.1, -0.05) is 0 Å². The highest BCUT2D eigenvalue weighted by molar-refractivity contribution is 5.68. The predicted molar refractivity (Wildman–Crippen MR) is 35.0 cm³/mol. The van der Waals surface area contributed by atoms with Gasteiger partial charge in [0.25, 0.3) is 0 Å². The van der Waals surface area contributed by atoms with Crippen LogP contribution in [0.2, 0.25) is 0 Å². The molecule has 0 aliphatic rings. The van der Waals surface area contributed by atoms with Crippen LogP contribution < -0.4 is 4.74 Å². The van der Waals surface area contributed by atoms with Crippen molar-refractivity contribution in [3.05, 3.63) is 24.4 Å². The van der Waals surface area contributed by atoms with Gasteiger partial charge in [-0.25, -0.2) is 9.78 Å². The first-order chi connectivity index (χ1) is 5.29. The van der Waals surface area contributed by atoms with E-state index in [2.05, 4.69) is 21.9 Å². The second-order valence-corrected chi connectivity index (χ2v) is 1.70. The summed E-state index contributed by atoms with van der Waals surface area (Å²) in [6.07, 6.45) is 1.45. The molecule has 0 atom stereocenters. The first-order valence-electron chi connectivity index (χ1n) is 2.88. The third kappa shape index (κ3) is 2.66. The number of hydrogen-bond acceptors (Lipinski definition) is 3. The molecule has 0 aliphatic carbocycles. The molecule has 1 N–H and O–H groups in total. The van der Waals surface area contributed by atoms with Gasteiger partial charge in [0.1, 0.15) is 0 Å². The Balaban J connectivity index is 2.45. The van der Waals surface area contributed by atoms with Gasteiger partial charge >= 0.3 is 5.97 Å². The highest BCUT2D eigenvalue weighted by atomic mass is 16.5.